The van der Waals surface area contributed by atoms with E-state index in [9.17, 15) is 4.79 Å². The van der Waals surface area contributed by atoms with Crippen LogP contribution in [0.2, 0.25) is 0 Å². The number of methoxy groups -OCH3 is 1. The summed E-state index contributed by atoms with van der Waals surface area (Å²) >= 11 is 0. The molecule has 0 radical (unpaired) electrons. The largest absolute Gasteiger partial charge is 0.368 e. The molecule has 1 heterocycles. The maximum absolute atomic E-state index is 12.7. The van der Waals surface area contributed by atoms with Crippen LogP contribution in [0.5, 0.6) is 0 Å². The van der Waals surface area contributed by atoms with Crippen molar-refractivity contribution in [3.05, 3.63) is 35.9 Å². The van der Waals surface area contributed by atoms with Crippen LogP contribution in [0.3, 0.4) is 0 Å². The second kappa shape index (κ2) is 11.1. The first-order valence-electron chi connectivity index (χ1n) is 8.75. The molecule has 26 heavy (non-hydrogen) atoms. The van der Waals surface area contributed by atoms with Crippen molar-refractivity contribution in [2.75, 3.05) is 26.7 Å². The number of benzene rings is 1. The fourth-order valence-electron chi connectivity index (χ4n) is 3.28. The monoisotopic (exact) mass is 405 g/mol. The molecule has 1 aromatic rings. The molecule has 1 saturated heterocycles. The van der Waals surface area contributed by atoms with E-state index in [4.69, 9.17) is 4.74 Å². The number of ether oxygens (including phenoxy) is 1. The van der Waals surface area contributed by atoms with Crippen LogP contribution in [0.4, 0.5) is 0 Å². The van der Waals surface area contributed by atoms with Crippen LogP contribution in [0, 0.1) is 0 Å². The molecular weight excluding hydrogens is 373 g/mol. The highest BCUT2D eigenvalue weighted by molar-refractivity contribution is 5.86. The van der Waals surface area contributed by atoms with Gasteiger partial charge in [0.05, 0.1) is 0 Å². The highest BCUT2D eigenvalue weighted by atomic mass is 35.5. The highest BCUT2D eigenvalue weighted by Crippen LogP contribution is 2.23. The molecule has 1 atom stereocenters. The number of hydrogen-bond acceptors (Lipinski definition) is 4. The highest BCUT2D eigenvalue weighted by Gasteiger charge is 2.40. The summed E-state index contributed by atoms with van der Waals surface area (Å²) in [4.78, 5) is 12.7. The Balaban J connectivity index is 0.00000312. The predicted octanol–water partition coefficient (Wildman–Crippen LogP) is 2.84. The number of carbonyl (C=O) groups excluding carboxylic acids is 1. The van der Waals surface area contributed by atoms with Crippen molar-refractivity contribution < 1.29 is 9.53 Å². The van der Waals surface area contributed by atoms with Crippen molar-refractivity contribution in [1.82, 2.24) is 16.0 Å². The first kappa shape index (κ1) is 25.1. The molecule has 0 aromatic heterocycles. The normalized spacial score (nSPS) is 17.4. The van der Waals surface area contributed by atoms with E-state index in [1.165, 1.54) is 5.56 Å². The first-order valence-corrected chi connectivity index (χ1v) is 8.75. The minimum Gasteiger partial charge on any atom is -0.368 e. The number of halogens is 2. The van der Waals surface area contributed by atoms with Crippen LogP contribution in [-0.2, 0) is 9.53 Å². The molecule has 0 saturated carbocycles. The molecule has 2 rings (SSSR count). The van der Waals surface area contributed by atoms with E-state index in [-0.39, 0.29) is 42.3 Å². The van der Waals surface area contributed by atoms with E-state index < -0.39 is 5.60 Å². The number of piperidine rings is 1. The van der Waals surface area contributed by atoms with E-state index in [0.717, 1.165) is 13.1 Å². The van der Waals surface area contributed by atoms with Crippen LogP contribution in [0.25, 0.3) is 0 Å². The van der Waals surface area contributed by atoms with Gasteiger partial charge in [-0.05, 0) is 52.3 Å². The average Bonchev–Trinajstić information content (AvgIpc) is 2.60. The summed E-state index contributed by atoms with van der Waals surface area (Å²) in [6, 6.07) is 10.5. The fourth-order valence-corrected chi connectivity index (χ4v) is 3.28. The third-order valence-electron chi connectivity index (χ3n) is 4.81. The molecule has 1 aliphatic rings. The Bertz CT molecular complexity index is 535. The Kier molecular flexibility index (Phi) is 10.7. The van der Waals surface area contributed by atoms with Gasteiger partial charge in [0.2, 0.25) is 0 Å². The summed E-state index contributed by atoms with van der Waals surface area (Å²) in [6.45, 7) is 8.54. The maximum Gasteiger partial charge on any atom is 0.252 e. The van der Waals surface area contributed by atoms with Crippen LogP contribution in [-0.4, -0.2) is 43.8 Å². The summed E-state index contributed by atoms with van der Waals surface area (Å²) in [7, 11) is 1.63. The lowest BCUT2D eigenvalue weighted by Crippen LogP contribution is -2.58. The van der Waals surface area contributed by atoms with Gasteiger partial charge in [-0.25, -0.2) is 0 Å². The molecule has 1 aliphatic heterocycles. The molecule has 1 amide bonds. The van der Waals surface area contributed by atoms with Gasteiger partial charge in [0.1, 0.15) is 5.60 Å². The molecule has 0 spiro atoms. The quantitative estimate of drug-likeness (QED) is 0.652. The zero-order chi connectivity index (χ0) is 17.6. The topological polar surface area (TPSA) is 62.4 Å². The molecule has 3 N–H and O–H groups in total. The van der Waals surface area contributed by atoms with E-state index in [2.05, 4.69) is 48.9 Å². The standard InChI is InChI=1S/C19H31N3O2.2ClH/c1-15(16-8-6-5-7-9-16)22-18(2,3)14-21-17(23)19(24-4)10-12-20-13-11-19;;/h5-9,15,20,22H,10-14H2,1-4H3,(H,21,23);2*1H. The molecule has 0 bridgehead atoms. The van der Waals surface area contributed by atoms with Crippen LogP contribution in [0.15, 0.2) is 30.3 Å². The van der Waals surface area contributed by atoms with Crippen molar-refractivity contribution in [1.29, 1.82) is 0 Å². The molecule has 1 fully saturated rings. The average molecular weight is 406 g/mol. The van der Waals surface area contributed by atoms with Gasteiger partial charge in [-0.1, -0.05) is 30.3 Å². The summed E-state index contributed by atoms with van der Waals surface area (Å²) in [5, 5.41) is 9.95. The predicted molar refractivity (Wildman–Crippen MR) is 111 cm³/mol. The molecule has 5 nitrogen and oxygen atoms in total. The third kappa shape index (κ3) is 6.71. The molecule has 7 heteroatoms. The maximum atomic E-state index is 12.7. The number of hydrogen-bond donors (Lipinski definition) is 3. The van der Waals surface area contributed by atoms with Crippen LogP contribution < -0.4 is 16.0 Å². The molecule has 1 aromatic carbocycles. The Morgan fingerprint density at radius 1 is 1.23 bits per heavy atom. The van der Waals surface area contributed by atoms with Gasteiger partial charge in [0.25, 0.3) is 5.91 Å². The summed E-state index contributed by atoms with van der Waals surface area (Å²) < 4.78 is 5.58. The smallest absolute Gasteiger partial charge is 0.252 e. The Morgan fingerprint density at radius 2 is 1.81 bits per heavy atom. The molecule has 1 unspecified atom stereocenters. The number of rotatable bonds is 7. The summed E-state index contributed by atoms with van der Waals surface area (Å²) in [5.74, 6) is -0.00580. The van der Waals surface area contributed by atoms with Gasteiger partial charge >= 0.3 is 0 Å². The first-order chi connectivity index (χ1) is 11.4. The minimum absolute atomic E-state index is 0. The lowest BCUT2D eigenvalue weighted by atomic mass is 9.90. The Labute approximate surface area is 169 Å². The SMILES string of the molecule is COC1(C(=O)NCC(C)(C)NC(C)c2ccccc2)CCNCC1.Cl.Cl. The Morgan fingerprint density at radius 3 is 2.35 bits per heavy atom. The Hall–Kier alpha value is -0.850. The van der Waals surface area contributed by atoms with Crippen molar-refractivity contribution in [3.8, 4) is 0 Å². The number of carbonyl (C=O) groups is 1. The van der Waals surface area contributed by atoms with E-state index in [1.54, 1.807) is 7.11 Å². The van der Waals surface area contributed by atoms with Crippen LogP contribution >= 0.6 is 24.8 Å². The van der Waals surface area contributed by atoms with Crippen molar-refractivity contribution in [2.45, 2.75) is 50.8 Å². The van der Waals surface area contributed by atoms with Gasteiger partial charge < -0.3 is 20.7 Å². The summed E-state index contributed by atoms with van der Waals surface area (Å²) in [6.07, 6.45) is 1.42. The van der Waals surface area contributed by atoms with E-state index >= 15 is 0 Å². The molecule has 150 valence electrons. The van der Waals surface area contributed by atoms with Gasteiger partial charge in [0, 0.05) is 25.2 Å². The lowest BCUT2D eigenvalue weighted by Gasteiger charge is -2.37. The van der Waals surface area contributed by atoms with Gasteiger partial charge in [-0.3, -0.25) is 4.79 Å². The zero-order valence-corrected chi connectivity index (χ0v) is 17.8. The van der Waals surface area contributed by atoms with Crippen LogP contribution in [0.1, 0.15) is 45.2 Å². The second-order valence-electron chi connectivity index (χ2n) is 7.29. The van der Waals surface area contributed by atoms with E-state index in [0.29, 0.717) is 19.4 Å². The van der Waals surface area contributed by atoms with Gasteiger partial charge in [-0.15, -0.1) is 24.8 Å². The van der Waals surface area contributed by atoms with Crippen molar-refractivity contribution >= 4 is 30.7 Å². The summed E-state index contributed by atoms with van der Waals surface area (Å²) in [5.41, 5.74) is 0.336. The zero-order valence-electron chi connectivity index (χ0n) is 16.1. The van der Waals surface area contributed by atoms with Gasteiger partial charge in [-0.2, -0.15) is 0 Å². The lowest BCUT2D eigenvalue weighted by molar-refractivity contribution is -0.147. The minimum atomic E-state index is -0.688. The van der Waals surface area contributed by atoms with Crippen molar-refractivity contribution in [3.63, 3.8) is 0 Å². The number of nitrogens with one attached hydrogen (secondary N) is 3. The third-order valence-corrected chi connectivity index (χ3v) is 4.81. The van der Waals surface area contributed by atoms with Crippen molar-refractivity contribution in [2.24, 2.45) is 0 Å². The fraction of sp³-hybridized carbons (Fsp3) is 0.632. The molecule has 0 aliphatic carbocycles. The van der Waals surface area contributed by atoms with Gasteiger partial charge in [0.15, 0.2) is 0 Å². The van der Waals surface area contributed by atoms with E-state index in [1.807, 2.05) is 18.2 Å². The molecular formula is C19H33Cl2N3O2. The second-order valence-corrected chi connectivity index (χ2v) is 7.29. The number of amides is 1.